The summed E-state index contributed by atoms with van der Waals surface area (Å²) in [5, 5.41) is 22.1. The molecule has 24 heavy (non-hydrogen) atoms. The van der Waals surface area contributed by atoms with Crippen molar-refractivity contribution in [1.82, 2.24) is 0 Å². The molecule has 8 heteroatoms. The van der Waals surface area contributed by atoms with Crippen molar-refractivity contribution in [3.05, 3.63) is 63.2 Å². The second-order valence-corrected chi connectivity index (χ2v) is 5.15. The number of hydrogen-bond donors (Lipinski definition) is 1. The molecule has 2 rings (SSSR count). The largest absolute Gasteiger partial charge is 0.482 e. The van der Waals surface area contributed by atoms with Crippen LogP contribution in [0.1, 0.15) is 5.56 Å². The third-order valence-corrected chi connectivity index (χ3v) is 3.32. The van der Waals surface area contributed by atoms with Gasteiger partial charge in [0.25, 0.3) is 11.6 Å². The van der Waals surface area contributed by atoms with Gasteiger partial charge in [-0.2, -0.15) is 5.26 Å². The first-order valence-electron chi connectivity index (χ1n) is 6.82. The molecule has 2 aromatic carbocycles. The Balaban J connectivity index is 1.95. The van der Waals surface area contributed by atoms with Crippen LogP contribution in [0.2, 0.25) is 5.02 Å². The summed E-state index contributed by atoms with van der Waals surface area (Å²) in [6.45, 7) is -0.346. The fraction of sp³-hybridized carbons (Fsp3) is 0.125. The van der Waals surface area contributed by atoms with Gasteiger partial charge in [0, 0.05) is 11.8 Å². The van der Waals surface area contributed by atoms with E-state index < -0.39 is 10.8 Å². The van der Waals surface area contributed by atoms with Crippen molar-refractivity contribution in [2.75, 3.05) is 11.9 Å². The molecule has 122 valence electrons. The molecule has 0 aliphatic rings. The Morgan fingerprint density at radius 3 is 2.62 bits per heavy atom. The quantitative estimate of drug-likeness (QED) is 0.638. The van der Waals surface area contributed by atoms with Gasteiger partial charge in [-0.25, -0.2) is 0 Å². The first kappa shape index (κ1) is 17.2. The molecule has 1 N–H and O–H groups in total. The molecule has 0 bridgehead atoms. The minimum absolute atomic E-state index is 0.0605. The van der Waals surface area contributed by atoms with Crippen LogP contribution in [-0.4, -0.2) is 17.4 Å². The van der Waals surface area contributed by atoms with Gasteiger partial charge in [-0.3, -0.25) is 14.9 Å². The number of ether oxygens (including phenoxy) is 1. The number of nitro benzene ring substituents is 1. The molecule has 0 saturated heterocycles. The monoisotopic (exact) mass is 345 g/mol. The van der Waals surface area contributed by atoms with Gasteiger partial charge in [0.2, 0.25) is 0 Å². The summed E-state index contributed by atoms with van der Waals surface area (Å²) in [5.74, 6) is -0.379. The smallest absolute Gasteiger partial charge is 0.273 e. The number of carbonyl (C=O) groups is 1. The molecule has 7 nitrogen and oxygen atoms in total. The number of nitro groups is 1. The van der Waals surface area contributed by atoms with E-state index in [9.17, 15) is 14.9 Å². The van der Waals surface area contributed by atoms with Crippen LogP contribution < -0.4 is 10.1 Å². The third kappa shape index (κ3) is 4.69. The van der Waals surface area contributed by atoms with Crippen LogP contribution in [0, 0.1) is 21.4 Å². The summed E-state index contributed by atoms with van der Waals surface area (Å²) in [4.78, 5) is 22.0. The number of amides is 1. The Kier molecular flexibility index (Phi) is 5.71. The van der Waals surface area contributed by atoms with Crippen LogP contribution in [0.5, 0.6) is 5.75 Å². The fourth-order valence-electron chi connectivity index (χ4n) is 1.85. The lowest BCUT2D eigenvalue weighted by Crippen LogP contribution is -2.20. The van der Waals surface area contributed by atoms with Crippen molar-refractivity contribution in [2.24, 2.45) is 0 Å². The zero-order valence-electron chi connectivity index (χ0n) is 12.4. The lowest BCUT2D eigenvalue weighted by atomic mass is 10.1. The van der Waals surface area contributed by atoms with Crippen LogP contribution in [-0.2, 0) is 11.2 Å². The minimum Gasteiger partial charge on any atom is -0.482 e. The number of hydrogen-bond acceptors (Lipinski definition) is 5. The summed E-state index contributed by atoms with van der Waals surface area (Å²) in [5.41, 5.74) is 1.22. The maximum atomic E-state index is 11.9. The maximum Gasteiger partial charge on any atom is 0.273 e. The highest BCUT2D eigenvalue weighted by Gasteiger charge is 2.12. The summed E-state index contributed by atoms with van der Waals surface area (Å²) in [6.07, 6.45) is 0.294. The molecular formula is C16H12ClN3O4. The van der Waals surface area contributed by atoms with E-state index >= 15 is 0 Å². The standard InChI is InChI=1S/C16H12ClN3O4/c17-14-6-5-13(20(22)23)9-15(14)24-10-16(21)19-12-3-1-11(2-4-12)7-8-18/h1-6,9H,7,10H2,(H,19,21). The molecule has 0 unspecified atom stereocenters. The highest BCUT2D eigenvalue weighted by molar-refractivity contribution is 6.32. The topological polar surface area (TPSA) is 105 Å². The van der Waals surface area contributed by atoms with Gasteiger partial charge in [-0.1, -0.05) is 23.7 Å². The van der Waals surface area contributed by atoms with Gasteiger partial charge in [0.1, 0.15) is 5.75 Å². The zero-order valence-corrected chi connectivity index (χ0v) is 13.1. The van der Waals surface area contributed by atoms with Gasteiger partial charge >= 0.3 is 0 Å². The Labute approximate surface area is 142 Å². The molecule has 0 aromatic heterocycles. The molecule has 0 fully saturated rings. The van der Waals surface area contributed by atoms with E-state index in [1.165, 1.54) is 12.1 Å². The average Bonchev–Trinajstić information content (AvgIpc) is 2.56. The van der Waals surface area contributed by atoms with E-state index in [1.54, 1.807) is 24.3 Å². The van der Waals surface area contributed by atoms with Crippen molar-refractivity contribution < 1.29 is 14.5 Å². The molecule has 2 aromatic rings. The fourth-order valence-corrected chi connectivity index (χ4v) is 2.03. The second-order valence-electron chi connectivity index (χ2n) is 4.74. The van der Waals surface area contributed by atoms with Crippen LogP contribution in [0.15, 0.2) is 42.5 Å². The first-order valence-corrected chi connectivity index (χ1v) is 7.20. The van der Waals surface area contributed by atoms with Crippen LogP contribution in [0.3, 0.4) is 0 Å². The molecule has 0 spiro atoms. The highest BCUT2D eigenvalue weighted by Crippen LogP contribution is 2.28. The Hall–Kier alpha value is -3.11. The zero-order chi connectivity index (χ0) is 17.5. The van der Waals surface area contributed by atoms with Crippen molar-refractivity contribution in [3.8, 4) is 11.8 Å². The molecule has 0 saturated carbocycles. The Morgan fingerprint density at radius 1 is 1.29 bits per heavy atom. The predicted octanol–water partition coefficient (Wildman–Crippen LogP) is 3.33. The number of carbonyl (C=O) groups excluding carboxylic acids is 1. The lowest BCUT2D eigenvalue weighted by molar-refractivity contribution is -0.384. The second kappa shape index (κ2) is 7.94. The molecule has 1 amide bonds. The third-order valence-electron chi connectivity index (χ3n) is 3.01. The maximum absolute atomic E-state index is 11.9. The number of non-ortho nitro benzene ring substituents is 1. The molecular weight excluding hydrogens is 334 g/mol. The molecule has 0 atom stereocenters. The summed E-state index contributed by atoms with van der Waals surface area (Å²) >= 11 is 5.89. The van der Waals surface area contributed by atoms with Crippen molar-refractivity contribution in [1.29, 1.82) is 5.26 Å². The molecule has 0 radical (unpaired) electrons. The van der Waals surface area contributed by atoms with Gasteiger partial charge in [0.05, 0.1) is 28.5 Å². The minimum atomic E-state index is -0.577. The molecule has 0 aliphatic heterocycles. The SMILES string of the molecule is N#CCc1ccc(NC(=O)COc2cc([N+](=O)[O-])ccc2Cl)cc1. The summed E-state index contributed by atoms with van der Waals surface area (Å²) < 4.78 is 5.23. The van der Waals surface area contributed by atoms with E-state index in [4.69, 9.17) is 21.6 Å². The summed E-state index contributed by atoms with van der Waals surface area (Å²) in [6, 6.07) is 12.6. The van der Waals surface area contributed by atoms with Crippen LogP contribution in [0.4, 0.5) is 11.4 Å². The Bertz CT molecular complexity index is 800. The number of rotatable bonds is 6. The van der Waals surface area contributed by atoms with Crippen molar-refractivity contribution >= 4 is 28.9 Å². The van der Waals surface area contributed by atoms with E-state index in [0.29, 0.717) is 12.1 Å². The van der Waals surface area contributed by atoms with Crippen LogP contribution >= 0.6 is 11.6 Å². The van der Waals surface area contributed by atoms with E-state index in [0.717, 1.165) is 11.6 Å². The van der Waals surface area contributed by atoms with Gasteiger partial charge in [-0.05, 0) is 23.8 Å². The number of benzene rings is 2. The van der Waals surface area contributed by atoms with Gasteiger partial charge in [-0.15, -0.1) is 0 Å². The van der Waals surface area contributed by atoms with E-state index in [1.807, 2.05) is 6.07 Å². The molecule has 0 heterocycles. The normalized spacial score (nSPS) is 9.83. The highest BCUT2D eigenvalue weighted by atomic mass is 35.5. The van der Waals surface area contributed by atoms with Crippen molar-refractivity contribution in [2.45, 2.75) is 6.42 Å². The van der Waals surface area contributed by atoms with Gasteiger partial charge < -0.3 is 10.1 Å². The first-order chi connectivity index (χ1) is 11.5. The molecule has 0 aliphatic carbocycles. The van der Waals surface area contributed by atoms with Crippen LogP contribution in [0.25, 0.3) is 0 Å². The number of nitrogens with zero attached hydrogens (tertiary/aromatic N) is 2. The number of anilines is 1. The van der Waals surface area contributed by atoms with E-state index in [-0.39, 0.29) is 23.1 Å². The lowest BCUT2D eigenvalue weighted by Gasteiger charge is -2.09. The summed E-state index contributed by atoms with van der Waals surface area (Å²) in [7, 11) is 0. The Morgan fingerprint density at radius 2 is 2.00 bits per heavy atom. The predicted molar refractivity (Wildman–Crippen MR) is 88.0 cm³/mol. The van der Waals surface area contributed by atoms with Crippen molar-refractivity contribution in [3.63, 3.8) is 0 Å². The van der Waals surface area contributed by atoms with Gasteiger partial charge in [0.15, 0.2) is 6.61 Å². The number of nitrogens with one attached hydrogen (secondary N) is 1. The number of nitriles is 1. The van der Waals surface area contributed by atoms with E-state index in [2.05, 4.69) is 5.32 Å². The number of halogens is 1. The average molecular weight is 346 g/mol.